The Morgan fingerprint density at radius 1 is 1.18 bits per heavy atom. The number of carbonyl (C=O) groups excluding carboxylic acids is 1. The summed E-state index contributed by atoms with van der Waals surface area (Å²) >= 11 is 7.57. The maximum Gasteiger partial charge on any atom is 0.229 e. The Hall–Kier alpha value is -2.26. The molecule has 2 aliphatic rings. The van der Waals surface area contributed by atoms with Crippen LogP contribution in [-0.4, -0.2) is 28.3 Å². The number of nitriles is 1. The van der Waals surface area contributed by atoms with Crippen LogP contribution in [0.2, 0.25) is 5.02 Å². The van der Waals surface area contributed by atoms with Crippen molar-refractivity contribution < 1.29 is 4.79 Å². The first-order valence-electron chi connectivity index (χ1n) is 9.20. The molecule has 2 aromatic carbocycles. The van der Waals surface area contributed by atoms with Crippen LogP contribution in [0.3, 0.4) is 0 Å². The minimum atomic E-state index is -0.202. The van der Waals surface area contributed by atoms with E-state index in [0.717, 1.165) is 16.5 Å². The van der Waals surface area contributed by atoms with Gasteiger partial charge in [0.1, 0.15) is 0 Å². The van der Waals surface area contributed by atoms with E-state index >= 15 is 0 Å². The van der Waals surface area contributed by atoms with Gasteiger partial charge in [-0.1, -0.05) is 65.8 Å². The molecule has 28 heavy (non-hydrogen) atoms. The van der Waals surface area contributed by atoms with Crippen molar-refractivity contribution in [1.82, 2.24) is 9.80 Å². The summed E-state index contributed by atoms with van der Waals surface area (Å²) < 4.78 is 0. The number of amides is 1. The summed E-state index contributed by atoms with van der Waals surface area (Å²) in [5, 5.41) is 11.3. The smallest absolute Gasteiger partial charge is 0.229 e. The molecule has 4 rings (SSSR count). The van der Waals surface area contributed by atoms with Crippen LogP contribution in [-0.2, 0) is 4.79 Å². The Balaban J connectivity index is 1.62. The Morgan fingerprint density at radius 2 is 1.89 bits per heavy atom. The fourth-order valence-electron chi connectivity index (χ4n) is 3.74. The Labute approximate surface area is 174 Å². The summed E-state index contributed by atoms with van der Waals surface area (Å²) in [5.74, 6) is 0.603. The molecular formula is C22H20ClN3OS. The summed E-state index contributed by atoms with van der Waals surface area (Å²) in [4.78, 5) is 17.0. The van der Waals surface area contributed by atoms with E-state index in [0.29, 0.717) is 23.7 Å². The monoisotopic (exact) mass is 409 g/mol. The molecule has 1 saturated heterocycles. The van der Waals surface area contributed by atoms with Crippen LogP contribution in [0.15, 0.2) is 65.2 Å². The van der Waals surface area contributed by atoms with E-state index in [2.05, 4.69) is 30.0 Å². The first-order chi connectivity index (χ1) is 13.6. The number of carbonyl (C=O) groups is 1. The van der Waals surface area contributed by atoms with Crippen molar-refractivity contribution in [3.8, 4) is 6.07 Å². The Bertz CT molecular complexity index is 952. The second kappa shape index (κ2) is 8.00. The largest absolute Gasteiger partial charge is 0.292 e. The van der Waals surface area contributed by atoms with E-state index in [1.54, 1.807) is 16.7 Å². The van der Waals surface area contributed by atoms with Gasteiger partial charge in [-0.15, -0.1) is 0 Å². The summed E-state index contributed by atoms with van der Waals surface area (Å²) in [6.07, 6.45) is 0.308. The van der Waals surface area contributed by atoms with E-state index in [4.69, 9.17) is 11.6 Å². The summed E-state index contributed by atoms with van der Waals surface area (Å²) in [6, 6.07) is 20.3. The number of benzene rings is 2. The van der Waals surface area contributed by atoms with Gasteiger partial charge in [0.25, 0.3) is 0 Å². The zero-order chi connectivity index (χ0) is 19.7. The second-order valence-electron chi connectivity index (χ2n) is 7.05. The van der Waals surface area contributed by atoms with Gasteiger partial charge in [-0.3, -0.25) is 14.6 Å². The highest BCUT2D eigenvalue weighted by atomic mass is 35.5. The van der Waals surface area contributed by atoms with Crippen molar-refractivity contribution in [3.05, 3.63) is 81.3 Å². The molecule has 0 spiro atoms. The first kappa shape index (κ1) is 19.1. The van der Waals surface area contributed by atoms with Crippen molar-refractivity contribution in [3.63, 3.8) is 0 Å². The van der Waals surface area contributed by atoms with Crippen LogP contribution < -0.4 is 0 Å². The van der Waals surface area contributed by atoms with Gasteiger partial charge in [0, 0.05) is 23.4 Å². The molecule has 6 heteroatoms. The zero-order valence-electron chi connectivity index (χ0n) is 15.5. The predicted molar refractivity (Wildman–Crippen MR) is 112 cm³/mol. The molecule has 0 N–H and O–H groups in total. The van der Waals surface area contributed by atoms with Crippen molar-refractivity contribution in [2.45, 2.75) is 25.3 Å². The van der Waals surface area contributed by atoms with Gasteiger partial charge in [-0.2, -0.15) is 5.26 Å². The molecule has 0 aromatic heterocycles. The highest BCUT2D eigenvalue weighted by Gasteiger charge is 2.39. The molecule has 2 atom stereocenters. The predicted octanol–water partition coefficient (Wildman–Crippen LogP) is 5.12. The molecular weight excluding hydrogens is 390 g/mol. The Kier molecular flexibility index (Phi) is 5.45. The quantitative estimate of drug-likeness (QED) is 0.706. The average molecular weight is 410 g/mol. The molecule has 2 aliphatic heterocycles. The number of thioether (sulfide) groups is 1. The summed E-state index contributed by atoms with van der Waals surface area (Å²) in [5.41, 5.74) is 2.86. The molecule has 0 saturated carbocycles. The van der Waals surface area contributed by atoms with Crippen LogP contribution in [0, 0.1) is 11.3 Å². The normalized spacial score (nSPS) is 21.2. The lowest BCUT2D eigenvalue weighted by atomic mass is 9.86. The van der Waals surface area contributed by atoms with Crippen LogP contribution in [0.5, 0.6) is 0 Å². The lowest BCUT2D eigenvalue weighted by Gasteiger charge is -2.43. The van der Waals surface area contributed by atoms with E-state index in [1.165, 1.54) is 5.56 Å². The van der Waals surface area contributed by atoms with Crippen molar-refractivity contribution in [2.75, 3.05) is 12.5 Å². The van der Waals surface area contributed by atoms with Gasteiger partial charge < -0.3 is 0 Å². The van der Waals surface area contributed by atoms with Crippen LogP contribution in [0.25, 0.3) is 0 Å². The fourth-order valence-corrected chi connectivity index (χ4v) is 5.12. The number of nitrogens with zero attached hydrogens (tertiary/aromatic N) is 3. The van der Waals surface area contributed by atoms with Gasteiger partial charge >= 0.3 is 0 Å². The van der Waals surface area contributed by atoms with Gasteiger partial charge in [0.05, 0.1) is 29.2 Å². The van der Waals surface area contributed by atoms with Crippen LogP contribution in [0.1, 0.15) is 36.4 Å². The topological polar surface area (TPSA) is 47.3 Å². The number of fused-ring (bicyclic) bond motifs is 1. The number of hydrogen-bond donors (Lipinski definition) is 0. The zero-order valence-corrected chi connectivity index (χ0v) is 17.1. The number of halogens is 1. The second-order valence-corrected chi connectivity index (χ2v) is 8.42. The van der Waals surface area contributed by atoms with E-state index < -0.39 is 0 Å². The van der Waals surface area contributed by atoms with Gasteiger partial charge in [-0.05, 0) is 30.2 Å². The van der Waals surface area contributed by atoms with E-state index in [1.807, 2.05) is 42.5 Å². The van der Waals surface area contributed by atoms with Gasteiger partial charge in [-0.25, -0.2) is 0 Å². The number of rotatable bonds is 3. The maximum atomic E-state index is 13.0. The lowest BCUT2D eigenvalue weighted by molar-refractivity contribution is -0.132. The molecule has 1 amide bonds. The van der Waals surface area contributed by atoms with E-state index in [-0.39, 0.29) is 17.9 Å². The molecule has 0 aliphatic carbocycles. The van der Waals surface area contributed by atoms with Crippen molar-refractivity contribution in [1.29, 1.82) is 5.26 Å². The minimum absolute atomic E-state index is 0.0615. The lowest BCUT2D eigenvalue weighted by Crippen LogP contribution is -2.47. The molecule has 1 fully saturated rings. The number of hydrogen-bond acceptors (Lipinski definition) is 4. The molecule has 2 heterocycles. The molecule has 142 valence electrons. The maximum absolute atomic E-state index is 13.0. The van der Waals surface area contributed by atoms with Crippen LogP contribution in [0.4, 0.5) is 0 Å². The molecule has 2 aromatic rings. The molecule has 4 nitrogen and oxygen atoms in total. The van der Waals surface area contributed by atoms with E-state index in [9.17, 15) is 10.1 Å². The highest BCUT2D eigenvalue weighted by Crippen LogP contribution is 2.43. The van der Waals surface area contributed by atoms with Crippen molar-refractivity contribution in [2.24, 2.45) is 0 Å². The van der Waals surface area contributed by atoms with Crippen LogP contribution >= 0.6 is 23.4 Å². The summed E-state index contributed by atoms with van der Waals surface area (Å²) in [7, 11) is 0. The fraction of sp³-hybridized carbons (Fsp3) is 0.273. The standard InChI is InChI=1S/C22H20ClN3OS/c1-15(16-5-3-2-4-6-16)25-13-26-21(27)11-19(17-7-9-18(23)10-8-17)20(12-24)22(26)28-14-25/h2-10,15,19H,11,13-14H2,1H3/t15-,19+/m0/s1. The average Bonchev–Trinajstić information content (AvgIpc) is 2.74. The SMILES string of the molecule is C[C@@H](c1ccccc1)N1CSC2=C(C#N)[C@@H](c3ccc(Cl)cc3)CC(=O)N2C1. The third kappa shape index (κ3) is 3.56. The third-order valence-corrected chi connectivity index (χ3v) is 6.84. The Morgan fingerprint density at radius 3 is 2.57 bits per heavy atom. The molecule has 0 radical (unpaired) electrons. The van der Waals surface area contributed by atoms with Crippen molar-refractivity contribution >= 4 is 29.3 Å². The third-order valence-electron chi connectivity index (χ3n) is 5.42. The molecule has 0 unspecified atom stereocenters. The molecule has 0 bridgehead atoms. The minimum Gasteiger partial charge on any atom is -0.292 e. The number of allylic oxidation sites excluding steroid dienone is 1. The van der Waals surface area contributed by atoms with Gasteiger partial charge in [0.15, 0.2) is 0 Å². The van der Waals surface area contributed by atoms with Gasteiger partial charge in [0.2, 0.25) is 5.91 Å². The first-order valence-corrected chi connectivity index (χ1v) is 10.6. The summed E-state index contributed by atoms with van der Waals surface area (Å²) in [6.45, 7) is 2.66. The highest BCUT2D eigenvalue weighted by molar-refractivity contribution is 8.03.